The predicted molar refractivity (Wildman–Crippen MR) is 79.4 cm³/mol. The lowest BCUT2D eigenvalue weighted by molar-refractivity contribution is 0.474. The second-order valence-electron chi connectivity index (χ2n) is 4.33. The zero-order chi connectivity index (χ0) is 13.7. The van der Waals surface area contributed by atoms with Crippen molar-refractivity contribution in [2.24, 2.45) is 0 Å². The maximum absolute atomic E-state index is 9.37. The van der Waals surface area contributed by atoms with Crippen LogP contribution in [0.1, 0.15) is 17.2 Å². The van der Waals surface area contributed by atoms with Crippen molar-refractivity contribution in [2.45, 2.75) is 6.04 Å². The molecule has 0 bridgehead atoms. The summed E-state index contributed by atoms with van der Waals surface area (Å²) in [4.78, 5) is 0. The third-order valence-electron chi connectivity index (χ3n) is 2.86. The molecule has 1 unspecified atom stereocenters. The average Bonchev–Trinajstić information content (AvgIpc) is 2.42. The summed E-state index contributed by atoms with van der Waals surface area (Å²) in [5, 5.41) is 13.3. The van der Waals surface area contributed by atoms with Gasteiger partial charge in [-0.25, -0.2) is 0 Å². The number of aromatic hydroxyl groups is 1. The molecule has 2 aromatic rings. The van der Waals surface area contributed by atoms with Crippen molar-refractivity contribution in [1.29, 1.82) is 0 Å². The van der Waals surface area contributed by atoms with E-state index in [0.29, 0.717) is 11.6 Å². The molecule has 2 nitrogen and oxygen atoms in total. The molecule has 1 atom stereocenters. The summed E-state index contributed by atoms with van der Waals surface area (Å²) < 4.78 is 0. The standard InChI is InChI=1S/C16H16ClNO/c1-12(17)11-18-16(13-5-3-2-4-6-13)14-7-9-15(19)10-8-14/h2-10,16,18-19H,1,11H2. The molecule has 2 rings (SSSR count). The number of hydrogen-bond donors (Lipinski definition) is 2. The van der Waals surface area contributed by atoms with Crippen LogP contribution >= 0.6 is 11.6 Å². The predicted octanol–water partition coefficient (Wildman–Crippen LogP) is 3.82. The highest BCUT2D eigenvalue weighted by Gasteiger charge is 2.13. The maximum Gasteiger partial charge on any atom is 0.115 e. The fourth-order valence-corrected chi connectivity index (χ4v) is 2.03. The van der Waals surface area contributed by atoms with Crippen LogP contribution in [0, 0.1) is 0 Å². The molecule has 0 fully saturated rings. The molecule has 0 aliphatic carbocycles. The van der Waals surface area contributed by atoms with E-state index in [1.165, 1.54) is 0 Å². The van der Waals surface area contributed by atoms with Crippen molar-refractivity contribution >= 4 is 11.6 Å². The highest BCUT2D eigenvalue weighted by atomic mass is 35.5. The molecule has 98 valence electrons. The minimum atomic E-state index is 0.0253. The molecule has 0 saturated carbocycles. The lowest BCUT2D eigenvalue weighted by Gasteiger charge is -2.19. The molecule has 0 aromatic heterocycles. The maximum atomic E-state index is 9.37. The summed E-state index contributed by atoms with van der Waals surface area (Å²) in [5.41, 5.74) is 2.22. The topological polar surface area (TPSA) is 32.3 Å². The van der Waals surface area contributed by atoms with Gasteiger partial charge in [0, 0.05) is 11.6 Å². The van der Waals surface area contributed by atoms with Gasteiger partial charge in [-0.05, 0) is 23.3 Å². The first-order valence-corrected chi connectivity index (χ1v) is 6.45. The fourth-order valence-electron chi connectivity index (χ4n) is 1.95. The number of phenols is 1. The first-order valence-electron chi connectivity index (χ1n) is 6.07. The molecule has 0 aliphatic rings. The molecule has 0 saturated heterocycles. The van der Waals surface area contributed by atoms with E-state index in [1.54, 1.807) is 12.1 Å². The highest BCUT2D eigenvalue weighted by molar-refractivity contribution is 6.29. The number of nitrogens with one attached hydrogen (secondary N) is 1. The van der Waals surface area contributed by atoms with Crippen LogP contribution in [0.3, 0.4) is 0 Å². The number of phenolic OH excluding ortho intramolecular Hbond substituents is 1. The molecule has 0 spiro atoms. The van der Waals surface area contributed by atoms with Gasteiger partial charge in [0.1, 0.15) is 5.75 Å². The molecule has 2 N–H and O–H groups in total. The van der Waals surface area contributed by atoms with E-state index in [1.807, 2.05) is 30.3 Å². The number of halogens is 1. The molecule has 19 heavy (non-hydrogen) atoms. The van der Waals surface area contributed by atoms with E-state index in [-0.39, 0.29) is 11.8 Å². The zero-order valence-electron chi connectivity index (χ0n) is 10.5. The highest BCUT2D eigenvalue weighted by Crippen LogP contribution is 2.24. The Bertz CT molecular complexity index is 536. The van der Waals surface area contributed by atoms with E-state index in [9.17, 15) is 5.11 Å². The van der Waals surface area contributed by atoms with Crippen molar-refractivity contribution < 1.29 is 5.11 Å². The average molecular weight is 274 g/mol. The van der Waals surface area contributed by atoms with Gasteiger partial charge in [0.05, 0.1) is 6.04 Å². The van der Waals surface area contributed by atoms with Crippen LogP contribution in [0.25, 0.3) is 0 Å². The first kappa shape index (κ1) is 13.7. The summed E-state index contributed by atoms with van der Waals surface area (Å²) in [6.45, 7) is 4.22. The summed E-state index contributed by atoms with van der Waals surface area (Å²) in [5.74, 6) is 0.261. The molecule has 0 radical (unpaired) electrons. The largest absolute Gasteiger partial charge is 0.508 e. The molecule has 0 aliphatic heterocycles. The van der Waals surface area contributed by atoms with Gasteiger partial charge in [-0.15, -0.1) is 0 Å². The van der Waals surface area contributed by atoms with Crippen LogP contribution < -0.4 is 5.32 Å². The van der Waals surface area contributed by atoms with Crippen molar-refractivity contribution in [3.63, 3.8) is 0 Å². The van der Waals surface area contributed by atoms with Crippen LogP contribution in [0.15, 0.2) is 66.2 Å². The number of benzene rings is 2. The van der Waals surface area contributed by atoms with Crippen LogP contribution in [-0.2, 0) is 0 Å². The Kier molecular flexibility index (Phi) is 4.61. The zero-order valence-corrected chi connectivity index (χ0v) is 11.3. The lowest BCUT2D eigenvalue weighted by atomic mass is 9.98. The Balaban J connectivity index is 2.28. The lowest BCUT2D eigenvalue weighted by Crippen LogP contribution is -2.23. The van der Waals surface area contributed by atoms with Gasteiger partial charge in [0.2, 0.25) is 0 Å². The second kappa shape index (κ2) is 6.41. The molecular weight excluding hydrogens is 258 g/mol. The Morgan fingerprint density at radius 2 is 1.63 bits per heavy atom. The van der Waals surface area contributed by atoms with Crippen LogP contribution in [0.5, 0.6) is 5.75 Å². The van der Waals surface area contributed by atoms with Gasteiger partial charge >= 0.3 is 0 Å². The third kappa shape index (κ3) is 3.85. The van der Waals surface area contributed by atoms with E-state index < -0.39 is 0 Å². The first-order chi connectivity index (χ1) is 9.16. The third-order valence-corrected chi connectivity index (χ3v) is 2.99. The van der Waals surface area contributed by atoms with Gasteiger partial charge < -0.3 is 10.4 Å². The number of hydrogen-bond acceptors (Lipinski definition) is 2. The summed E-state index contributed by atoms with van der Waals surface area (Å²) >= 11 is 5.83. The minimum Gasteiger partial charge on any atom is -0.508 e. The SMILES string of the molecule is C=C(Cl)CNC(c1ccccc1)c1ccc(O)cc1. The van der Waals surface area contributed by atoms with Gasteiger partial charge in [-0.2, -0.15) is 0 Å². The molecule has 2 aromatic carbocycles. The van der Waals surface area contributed by atoms with E-state index in [0.717, 1.165) is 11.1 Å². The molecule has 0 amide bonds. The van der Waals surface area contributed by atoms with E-state index >= 15 is 0 Å². The quantitative estimate of drug-likeness (QED) is 0.868. The summed E-state index contributed by atoms with van der Waals surface area (Å²) in [6, 6.07) is 17.3. The second-order valence-corrected chi connectivity index (χ2v) is 4.87. The van der Waals surface area contributed by atoms with E-state index in [2.05, 4.69) is 24.0 Å². The van der Waals surface area contributed by atoms with Gasteiger partial charge in [0.15, 0.2) is 0 Å². The van der Waals surface area contributed by atoms with Crippen molar-refractivity contribution in [3.8, 4) is 5.75 Å². The van der Waals surface area contributed by atoms with E-state index in [4.69, 9.17) is 11.6 Å². The Hall–Kier alpha value is -1.77. The molecule has 0 heterocycles. The summed E-state index contributed by atoms with van der Waals surface area (Å²) in [7, 11) is 0. The fraction of sp³-hybridized carbons (Fsp3) is 0.125. The van der Waals surface area contributed by atoms with Crippen molar-refractivity contribution in [3.05, 3.63) is 77.3 Å². The van der Waals surface area contributed by atoms with Crippen molar-refractivity contribution in [2.75, 3.05) is 6.54 Å². The van der Waals surface area contributed by atoms with Gasteiger partial charge in [-0.3, -0.25) is 0 Å². The van der Waals surface area contributed by atoms with Crippen LogP contribution in [-0.4, -0.2) is 11.7 Å². The van der Waals surface area contributed by atoms with Gasteiger partial charge in [0.25, 0.3) is 0 Å². The normalized spacial score (nSPS) is 12.1. The van der Waals surface area contributed by atoms with Crippen LogP contribution in [0.2, 0.25) is 0 Å². The smallest absolute Gasteiger partial charge is 0.115 e. The van der Waals surface area contributed by atoms with Crippen molar-refractivity contribution in [1.82, 2.24) is 5.32 Å². The Labute approximate surface area is 118 Å². The molecular formula is C16H16ClNO. The Morgan fingerprint density at radius 3 is 2.21 bits per heavy atom. The summed E-state index contributed by atoms with van der Waals surface area (Å²) in [6.07, 6.45) is 0. The number of rotatable bonds is 5. The Morgan fingerprint density at radius 1 is 1.05 bits per heavy atom. The van der Waals surface area contributed by atoms with Gasteiger partial charge in [-0.1, -0.05) is 60.6 Å². The molecule has 3 heteroatoms. The van der Waals surface area contributed by atoms with Crippen LogP contribution in [0.4, 0.5) is 0 Å². The monoisotopic (exact) mass is 273 g/mol. The minimum absolute atomic E-state index is 0.0253.